The van der Waals surface area contributed by atoms with E-state index in [1.165, 1.54) is 6.07 Å². The lowest BCUT2D eigenvalue weighted by molar-refractivity contribution is -0.117. The van der Waals surface area contributed by atoms with Gasteiger partial charge in [0.15, 0.2) is 5.96 Å². The van der Waals surface area contributed by atoms with E-state index in [0.717, 1.165) is 0 Å². The molecule has 0 spiro atoms. The summed E-state index contributed by atoms with van der Waals surface area (Å²) >= 11 is 0. The number of hydrogen-bond donors (Lipinski definition) is 5. The number of guanidine groups is 1. The summed E-state index contributed by atoms with van der Waals surface area (Å²) in [6.07, 6.45) is 0.994. The van der Waals surface area contributed by atoms with Crippen LogP contribution < -0.4 is 27.7 Å². The Labute approximate surface area is 151 Å². The molecule has 2 rings (SSSR count). The number of nitrogens with zero attached hydrogens (tertiary/aromatic N) is 1. The predicted molar refractivity (Wildman–Crippen MR) is 102 cm³/mol. The first-order valence-electron chi connectivity index (χ1n) is 7.86. The summed E-state index contributed by atoms with van der Waals surface area (Å²) in [6.45, 7) is 0.398. The topological polar surface area (TPSA) is 180 Å². The number of sulfonamides is 1. The average molecular weight is 378 g/mol. The van der Waals surface area contributed by atoms with Gasteiger partial charge in [0, 0.05) is 17.6 Å². The van der Waals surface area contributed by atoms with Crippen LogP contribution in [0.3, 0.4) is 0 Å². The van der Waals surface area contributed by atoms with Gasteiger partial charge in [-0.15, -0.1) is 0 Å². The highest BCUT2D eigenvalue weighted by atomic mass is 32.2. The smallest absolute Gasteiger partial charge is 0.241 e. The van der Waals surface area contributed by atoms with E-state index < -0.39 is 16.1 Å². The van der Waals surface area contributed by atoms with Crippen molar-refractivity contribution in [3.8, 4) is 0 Å². The molecule has 0 saturated carbocycles. The van der Waals surface area contributed by atoms with Gasteiger partial charge in [-0.25, -0.2) is 13.6 Å². The Morgan fingerprint density at radius 2 is 1.92 bits per heavy atom. The molecule has 9 N–H and O–H groups in total. The molecule has 9 nitrogen and oxygen atoms in total. The number of anilines is 1. The molecule has 0 saturated heterocycles. The summed E-state index contributed by atoms with van der Waals surface area (Å²) in [5.41, 5.74) is 16.8. The van der Waals surface area contributed by atoms with Gasteiger partial charge in [0.05, 0.1) is 10.9 Å². The second-order valence-corrected chi connectivity index (χ2v) is 7.31. The molecule has 2 aromatic rings. The standard InChI is InChI=1S/C16H22N6O3S/c17-13(4-2-8-21-16(18)19)15(23)22-11-6-7-12-10(9-11)3-1-5-14(12)26(20,24)25/h1,3,5-7,9,13H,2,4,8,17H2,(H,22,23)(H4,18,19,21)(H2,20,24,25)/t13-/m0/s1. The van der Waals surface area contributed by atoms with Crippen LogP contribution in [-0.2, 0) is 14.8 Å². The summed E-state index contributed by atoms with van der Waals surface area (Å²) in [7, 11) is -3.83. The van der Waals surface area contributed by atoms with Crippen LogP contribution in [0.15, 0.2) is 46.3 Å². The number of rotatable bonds is 7. The Balaban J connectivity index is 2.09. The quantitative estimate of drug-likeness (QED) is 0.253. The molecule has 0 aliphatic rings. The number of primary sulfonamides is 1. The first-order chi connectivity index (χ1) is 12.2. The lowest BCUT2D eigenvalue weighted by atomic mass is 10.1. The molecule has 1 amide bonds. The Bertz CT molecular complexity index is 938. The fourth-order valence-electron chi connectivity index (χ4n) is 2.47. The van der Waals surface area contributed by atoms with Crippen molar-refractivity contribution < 1.29 is 13.2 Å². The van der Waals surface area contributed by atoms with Crippen molar-refractivity contribution >= 4 is 38.3 Å². The van der Waals surface area contributed by atoms with E-state index in [1.807, 2.05) is 0 Å². The van der Waals surface area contributed by atoms with Crippen molar-refractivity contribution in [2.75, 3.05) is 11.9 Å². The molecule has 0 unspecified atom stereocenters. The highest BCUT2D eigenvalue weighted by molar-refractivity contribution is 7.89. The predicted octanol–water partition coefficient (Wildman–Crippen LogP) is -0.193. The molecular weight excluding hydrogens is 356 g/mol. The van der Waals surface area contributed by atoms with E-state index in [9.17, 15) is 13.2 Å². The number of fused-ring (bicyclic) bond motifs is 1. The molecular formula is C16H22N6O3S. The van der Waals surface area contributed by atoms with Crippen molar-refractivity contribution in [2.24, 2.45) is 27.3 Å². The van der Waals surface area contributed by atoms with Crippen LogP contribution >= 0.6 is 0 Å². The summed E-state index contributed by atoms with van der Waals surface area (Å²) in [4.78, 5) is 16.0. The van der Waals surface area contributed by atoms with Crippen LogP contribution in [0, 0.1) is 0 Å². The van der Waals surface area contributed by atoms with Crippen LogP contribution in [0.4, 0.5) is 5.69 Å². The number of nitrogens with two attached hydrogens (primary N) is 4. The number of aliphatic imine (C=N–C) groups is 1. The third kappa shape index (κ3) is 5.15. The molecule has 10 heteroatoms. The number of benzene rings is 2. The zero-order valence-corrected chi connectivity index (χ0v) is 14.9. The van der Waals surface area contributed by atoms with E-state index in [4.69, 9.17) is 22.3 Å². The SMILES string of the molecule is NC(N)=NCCC[C@H](N)C(=O)Nc1ccc2c(S(N)(=O)=O)cccc2c1. The van der Waals surface area contributed by atoms with Gasteiger partial charge in [0.2, 0.25) is 15.9 Å². The largest absolute Gasteiger partial charge is 0.370 e. The van der Waals surface area contributed by atoms with Crippen LogP contribution in [0.5, 0.6) is 0 Å². The van der Waals surface area contributed by atoms with E-state index >= 15 is 0 Å². The zero-order valence-electron chi connectivity index (χ0n) is 14.1. The molecule has 1 atom stereocenters. The highest BCUT2D eigenvalue weighted by Crippen LogP contribution is 2.25. The number of carbonyl (C=O) groups excluding carboxylic acids is 1. The van der Waals surface area contributed by atoms with Gasteiger partial charge >= 0.3 is 0 Å². The van der Waals surface area contributed by atoms with Crippen LogP contribution in [0.25, 0.3) is 10.8 Å². The number of hydrogen-bond acceptors (Lipinski definition) is 5. The zero-order chi connectivity index (χ0) is 19.3. The van der Waals surface area contributed by atoms with Crippen molar-refractivity contribution in [1.29, 1.82) is 0 Å². The Morgan fingerprint density at radius 1 is 1.19 bits per heavy atom. The molecule has 0 radical (unpaired) electrons. The summed E-state index contributed by atoms with van der Waals surface area (Å²) in [5.74, 6) is -0.352. The maximum atomic E-state index is 12.2. The van der Waals surface area contributed by atoms with Crippen molar-refractivity contribution in [1.82, 2.24) is 0 Å². The average Bonchev–Trinajstić information content (AvgIpc) is 2.56. The fraction of sp³-hybridized carbons (Fsp3) is 0.250. The normalized spacial score (nSPS) is 12.5. The van der Waals surface area contributed by atoms with Crippen LogP contribution in [0.1, 0.15) is 12.8 Å². The Morgan fingerprint density at radius 3 is 2.58 bits per heavy atom. The lowest BCUT2D eigenvalue weighted by Crippen LogP contribution is -2.35. The summed E-state index contributed by atoms with van der Waals surface area (Å²) in [5, 5.41) is 9.05. The molecule has 140 valence electrons. The van der Waals surface area contributed by atoms with Gasteiger partial charge in [-0.3, -0.25) is 9.79 Å². The first-order valence-corrected chi connectivity index (χ1v) is 9.40. The number of amides is 1. The van der Waals surface area contributed by atoms with E-state index in [0.29, 0.717) is 35.8 Å². The maximum absolute atomic E-state index is 12.2. The molecule has 0 aliphatic carbocycles. The third-order valence-electron chi connectivity index (χ3n) is 3.72. The van der Waals surface area contributed by atoms with Gasteiger partial charge in [-0.2, -0.15) is 0 Å². The minimum Gasteiger partial charge on any atom is -0.370 e. The Kier molecular flexibility index (Phi) is 6.14. The Hall–Kier alpha value is -2.69. The summed E-state index contributed by atoms with van der Waals surface area (Å²) in [6, 6.07) is 8.89. The molecule has 0 fully saturated rings. The van der Waals surface area contributed by atoms with Gasteiger partial charge in [0.1, 0.15) is 0 Å². The van der Waals surface area contributed by atoms with E-state index in [2.05, 4.69) is 10.3 Å². The van der Waals surface area contributed by atoms with Crippen LogP contribution in [0.2, 0.25) is 0 Å². The minimum atomic E-state index is -3.83. The summed E-state index contributed by atoms with van der Waals surface area (Å²) < 4.78 is 23.3. The third-order valence-corrected chi connectivity index (χ3v) is 4.69. The van der Waals surface area contributed by atoms with E-state index in [-0.39, 0.29) is 16.8 Å². The minimum absolute atomic E-state index is 0.00181. The molecule has 0 aromatic heterocycles. The molecule has 26 heavy (non-hydrogen) atoms. The second kappa shape index (κ2) is 8.13. The van der Waals surface area contributed by atoms with Crippen LogP contribution in [-0.4, -0.2) is 32.9 Å². The lowest BCUT2D eigenvalue weighted by Gasteiger charge is -2.13. The van der Waals surface area contributed by atoms with Crippen molar-refractivity contribution in [3.63, 3.8) is 0 Å². The highest BCUT2D eigenvalue weighted by Gasteiger charge is 2.15. The van der Waals surface area contributed by atoms with Gasteiger partial charge in [-0.05, 0) is 36.4 Å². The van der Waals surface area contributed by atoms with Gasteiger partial charge < -0.3 is 22.5 Å². The first kappa shape index (κ1) is 19.6. The maximum Gasteiger partial charge on any atom is 0.241 e. The molecule has 0 bridgehead atoms. The molecule has 0 aliphatic heterocycles. The number of carbonyl (C=O) groups is 1. The fourth-order valence-corrected chi connectivity index (χ4v) is 3.23. The van der Waals surface area contributed by atoms with Crippen molar-refractivity contribution in [3.05, 3.63) is 36.4 Å². The second-order valence-electron chi connectivity index (χ2n) is 5.78. The monoisotopic (exact) mass is 378 g/mol. The van der Waals surface area contributed by atoms with E-state index in [1.54, 1.807) is 30.3 Å². The molecule has 2 aromatic carbocycles. The van der Waals surface area contributed by atoms with Gasteiger partial charge in [-0.1, -0.05) is 18.2 Å². The van der Waals surface area contributed by atoms with Crippen molar-refractivity contribution in [2.45, 2.75) is 23.8 Å². The number of nitrogens with one attached hydrogen (secondary N) is 1. The molecule has 0 heterocycles. The van der Waals surface area contributed by atoms with Gasteiger partial charge in [0.25, 0.3) is 0 Å².